The van der Waals surface area contributed by atoms with Crippen LogP contribution < -0.4 is 5.32 Å². The Morgan fingerprint density at radius 2 is 2.19 bits per heavy atom. The standard InChI is InChI=1S/C11H12BrF2NO/c1-7(15-11(16)4-5-12)9-6-8(13)2-3-10(9)14/h2-3,6-7H,4-5H2,1H3,(H,15,16). The van der Waals surface area contributed by atoms with E-state index in [0.717, 1.165) is 18.2 Å². The van der Waals surface area contributed by atoms with Crippen LogP contribution in [-0.4, -0.2) is 11.2 Å². The van der Waals surface area contributed by atoms with Crippen LogP contribution in [0.25, 0.3) is 0 Å². The van der Waals surface area contributed by atoms with E-state index in [-0.39, 0.29) is 11.5 Å². The average Bonchev–Trinajstić information content (AvgIpc) is 2.21. The number of benzene rings is 1. The van der Waals surface area contributed by atoms with Gasteiger partial charge in [0.05, 0.1) is 6.04 Å². The predicted molar refractivity (Wildman–Crippen MR) is 61.3 cm³/mol. The van der Waals surface area contributed by atoms with Gasteiger partial charge in [0.25, 0.3) is 0 Å². The van der Waals surface area contributed by atoms with Gasteiger partial charge in [-0.05, 0) is 25.1 Å². The fourth-order valence-corrected chi connectivity index (χ4v) is 1.68. The summed E-state index contributed by atoms with van der Waals surface area (Å²) in [6.07, 6.45) is 0.307. The largest absolute Gasteiger partial charge is 0.349 e. The van der Waals surface area contributed by atoms with E-state index in [1.807, 2.05) is 0 Å². The van der Waals surface area contributed by atoms with Crippen molar-refractivity contribution in [2.45, 2.75) is 19.4 Å². The molecule has 88 valence electrons. The van der Waals surface area contributed by atoms with E-state index in [2.05, 4.69) is 21.2 Å². The molecular weight excluding hydrogens is 280 g/mol. The minimum Gasteiger partial charge on any atom is -0.349 e. The summed E-state index contributed by atoms with van der Waals surface area (Å²) in [6.45, 7) is 1.62. The highest BCUT2D eigenvalue weighted by atomic mass is 79.9. The van der Waals surface area contributed by atoms with Crippen LogP contribution in [0, 0.1) is 11.6 Å². The first-order valence-electron chi connectivity index (χ1n) is 4.85. The molecule has 0 radical (unpaired) electrons. The second-order valence-electron chi connectivity index (χ2n) is 3.39. The topological polar surface area (TPSA) is 29.1 Å². The summed E-state index contributed by atoms with van der Waals surface area (Å²) in [6, 6.07) is 2.65. The molecule has 1 amide bonds. The monoisotopic (exact) mass is 291 g/mol. The quantitative estimate of drug-likeness (QED) is 0.849. The highest BCUT2D eigenvalue weighted by molar-refractivity contribution is 9.09. The molecule has 1 aromatic carbocycles. The van der Waals surface area contributed by atoms with Crippen LogP contribution in [0.15, 0.2) is 18.2 Å². The van der Waals surface area contributed by atoms with E-state index < -0.39 is 17.7 Å². The molecule has 0 heterocycles. The maximum atomic E-state index is 13.3. The van der Waals surface area contributed by atoms with Crippen LogP contribution in [0.5, 0.6) is 0 Å². The zero-order valence-corrected chi connectivity index (χ0v) is 10.4. The van der Waals surface area contributed by atoms with E-state index in [9.17, 15) is 13.6 Å². The van der Waals surface area contributed by atoms with Crippen molar-refractivity contribution in [1.29, 1.82) is 0 Å². The lowest BCUT2D eigenvalue weighted by molar-refractivity contribution is -0.121. The number of nitrogens with one attached hydrogen (secondary N) is 1. The number of hydrogen-bond acceptors (Lipinski definition) is 1. The van der Waals surface area contributed by atoms with Crippen molar-refractivity contribution in [2.24, 2.45) is 0 Å². The number of halogens is 3. The van der Waals surface area contributed by atoms with Crippen molar-refractivity contribution in [3.8, 4) is 0 Å². The summed E-state index contributed by atoms with van der Waals surface area (Å²) in [5.41, 5.74) is 0.155. The zero-order chi connectivity index (χ0) is 12.1. The molecule has 0 aromatic heterocycles. The molecule has 16 heavy (non-hydrogen) atoms. The molecule has 0 aliphatic carbocycles. The Hall–Kier alpha value is -0.970. The Labute approximate surface area is 101 Å². The Balaban J connectivity index is 2.76. The molecule has 1 unspecified atom stereocenters. The summed E-state index contributed by atoms with van der Waals surface area (Å²) >= 11 is 3.13. The van der Waals surface area contributed by atoms with Gasteiger partial charge in [-0.1, -0.05) is 15.9 Å². The van der Waals surface area contributed by atoms with Crippen molar-refractivity contribution >= 4 is 21.8 Å². The third-order valence-electron chi connectivity index (χ3n) is 2.12. The summed E-state index contributed by atoms with van der Waals surface area (Å²) in [5, 5.41) is 3.13. The van der Waals surface area contributed by atoms with Gasteiger partial charge in [0.15, 0.2) is 0 Å². The van der Waals surface area contributed by atoms with Crippen LogP contribution in [0.4, 0.5) is 8.78 Å². The van der Waals surface area contributed by atoms with Gasteiger partial charge in [-0.15, -0.1) is 0 Å². The van der Waals surface area contributed by atoms with Gasteiger partial charge in [0.1, 0.15) is 11.6 Å². The second-order valence-corrected chi connectivity index (χ2v) is 4.19. The Morgan fingerprint density at radius 3 is 2.81 bits per heavy atom. The molecule has 5 heteroatoms. The molecule has 0 fully saturated rings. The molecule has 2 nitrogen and oxygen atoms in total. The SMILES string of the molecule is CC(NC(=O)CCBr)c1cc(F)ccc1F. The normalized spacial score (nSPS) is 12.2. The van der Waals surface area contributed by atoms with Gasteiger partial charge in [0, 0.05) is 17.3 Å². The maximum absolute atomic E-state index is 13.3. The van der Waals surface area contributed by atoms with Crippen molar-refractivity contribution in [2.75, 3.05) is 5.33 Å². The van der Waals surface area contributed by atoms with E-state index in [4.69, 9.17) is 0 Å². The smallest absolute Gasteiger partial charge is 0.221 e. The van der Waals surface area contributed by atoms with Gasteiger partial charge < -0.3 is 5.32 Å². The van der Waals surface area contributed by atoms with Crippen molar-refractivity contribution < 1.29 is 13.6 Å². The Kier molecular flexibility index (Phi) is 4.86. The van der Waals surface area contributed by atoms with Crippen LogP contribution in [0.1, 0.15) is 24.9 Å². The molecule has 0 saturated carbocycles. The minimum absolute atomic E-state index is 0.155. The molecule has 0 saturated heterocycles. The summed E-state index contributed by atoms with van der Waals surface area (Å²) < 4.78 is 26.2. The number of carbonyl (C=O) groups excluding carboxylic acids is 1. The highest BCUT2D eigenvalue weighted by Crippen LogP contribution is 2.17. The van der Waals surface area contributed by atoms with Gasteiger partial charge in [0.2, 0.25) is 5.91 Å². The van der Waals surface area contributed by atoms with E-state index in [1.54, 1.807) is 6.92 Å². The second kappa shape index (κ2) is 5.94. The first-order chi connectivity index (χ1) is 7.54. The van der Waals surface area contributed by atoms with Crippen molar-refractivity contribution in [1.82, 2.24) is 5.32 Å². The molecule has 1 N–H and O–H groups in total. The number of amides is 1. The molecule has 0 spiro atoms. The lowest BCUT2D eigenvalue weighted by Crippen LogP contribution is -2.27. The molecule has 1 rings (SSSR count). The van der Waals surface area contributed by atoms with Crippen LogP contribution in [0.3, 0.4) is 0 Å². The molecule has 1 atom stereocenters. The lowest BCUT2D eigenvalue weighted by Gasteiger charge is -2.14. The predicted octanol–water partition coefficient (Wildman–Crippen LogP) is 2.93. The number of hydrogen-bond donors (Lipinski definition) is 1. The maximum Gasteiger partial charge on any atom is 0.221 e. The summed E-state index contributed by atoms with van der Waals surface area (Å²) in [4.78, 5) is 11.3. The minimum atomic E-state index is -0.540. The van der Waals surface area contributed by atoms with Crippen molar-refractivity contribution in [3.05, 3.63) is 35.4 Å². The van der Waals surface area contributed by atoms with Gasteiger partial charge >= 0.3 is 0 Å². The lowest BCUT2D eigenvalue weighted by atomic mass is 10.1. The number of carbonyl (C=O) groups is 1. The fraction of sp³-hybridized carbons (Fsp3) is 0.364. The van der Waals surface area contributed by atoms with Crippen LogP contribution in [0.2, 0.25) is 0 Å². The highest BCUT2D eigenvalue weighted by Gasteiger charge is 2.13. The Bertz CT molecular complexity index is 384. The third kappa shape index (κ3) is 3.56. The van der Waals surface area contributed by atoms with E-state index in [1.165, 1.54) is 0 Å². The van der Waals surface area contributed by atoms with Gasteiger partial charge in [-0.25, -0.2) is 8.78 Å². The zero-order valence-electron chi connectivity index (χ0n) is 8.77. The first kappa shape index (κ1) is 13.1. The average molecular weight is 292 g/mol. The van der Waals surface area contributed by atoms with E-state index >= 15 is 0 Å². The third-order valence-corrected chi connectivity index (χ3v) is 2.52. The molecular formula is C11H12BrF2NO. The van der Waals surface area contributed by atoms with Crippen LogP contribution >= 0.6 is 15.9 Å². The summed E-state index contributed by atoms with van der Waals surface area (Å²) in [5.74, 6) is -1.24. The molecule has 1 aromatic rings. The number of rotatable bonds is 4. The Morgan fingerprint density at radius 1 is 1.50 bits per heavy atom. The number of alkyl halides is 1. The van der Waals surface area contributed by atoms with Gasteiger partial charge in [-0.2, -0.15) is 0 Å². The van der Waals surface area contributed by atoms with Crippen molar-refractivity contribution in [3.63, 3.8) is 0 Å². The summed E-state index contributed by atoms with van der Waals surface area (Å²) in [7, 11) is 0. The van der Waals surface area contributed by atoms with Crippen LogP contribution in [-0.2, 0) is 4.79 Å². The fourth-order valence-electron chi connectivity index (χ4n) is 1.32. The first-order valence-corrected chi connectivity index (χ1v) is 5.97. The molecule has 0 aliphatic heterocycles. The molecule has 0 bridgehead atoms. The van der Waals surface area contributed by atoms with E-state index in [0.29, 0.717) is 11.8 Å². The van der Waals surface area contributed by atoms with Gasteiger partial charge in [-0.3, -0.25) is 4.79 Å². The molecule has 0 aliphatic rings.